The van der Waals surface area contributed by atoms with Crippen molar-refractivity contribution in [2.45, 2.75) is 30.5 Å². The van der Waals surface area contributed by atoms with E-state index >= 15 is 0 Å². The maximum Gasteiger partial charge on any atom is 0.185 e. The van der Waals surface area contributed by atoms with Gasteiger partial charge >= 0.3 is 0 Å². The van der Waals surface area contributed by atoms with Gasteiger partial charge in [-0.3, -0.25) is 4.68 Å². The molecule has 1 aromatic carbocycles. The summed E-state index contributed by atoms with van der Waals surface area (Å²) in [5.74, 6) is -0.199. The monoisotopic (exact) mass is 313 g/mol. The summed E-state index contributed by atoms with van der Waals surface area (Å²) in [5.41, 5.74) is 6.46. The highest BCUT2D eigenvalue weighted by atomic mass is 35.5. The van der Waals surface area contributed by atoms with Crippen molar-refractivity contribution in [2.24, 2.45) is 0 Å². The van der Waals surface area contributed by atoms with Gasteiger partial charge < -0.3 is 5.73 Å². The lowest BCUT2D eigenvalue weighted by atomic mass is 10.3. The molecule has 0 spiro atoms. The van der Waals surface area contributed by atoms with E-state index in [1.54, 1.807) is 23.0 Å². The van der Waals surface area contributed by atoms with E-state index in [1.807, 2.05) is 13.8 Å². The third-order valence-electron chi connectivity index (χ3n) is 2.82. The van der Waals surface area contributed by atoms with Crippen molar-refractivity contribution in [2.75, 3.05) is 5.73 Å². The molecule has 0 aliphatic carbocycles. The number of nitrogen functional groups attached to an aromatic ring is 1. The largest absolute Gasteiger partial charge is 0.399 e. The Balaban J connectivity index is 2.33. The highest BCUT2D eigenvalue weighted by molar-refractivity contribution is 7.90. The average Bonchev–Trinajstić information content (AvgIpc) is 2.80. The van der Waals surface area contributed by atoms with E-state index in [2.05, 4.69) is 5.10 Å². The molecule has 7 heteroatoms. The molecule has 2 rings (SSSR count). The van der Waals surface area contributed by atoms with Crippen LogP contribution in [0.15, 0.2) is 35.4 Å². The van der Waals surface area contributed by atoms with Crippen LogP contribution >= 0.6 is 11.6 Å². The van der Waals surface area contributed by atoms with Crippen LogP contribution < -0.4 is 5.73 Å². The summed E-state index contributed by atoms with van der Waals surface area (Å²) in [5, 5.41) is 4.40. The molecule has 0 amide bonds. The highest BCUT2D eigenvalue weighted by Gasteiger charge is 2.20. The molecule has 0 unspecified atom stereocenters. The van der Waals surface area contributed by atoms with E-state index in [-0.39, 0.29) is 21.7 Å². The molecule has 20 heavy (non-hydrogen) atoms. The van der Waals surface area contributed by atoms with Crippen LogP contribution in [0.25, 0.3) is 0 Å². The summed E-state index contributed by atoms with van der Waals surface area (Å²) in [6, 6.07) is 6.29. The van der Waals surface area contributed by atoms with Crippen LogP contribution in [0, 0.1) is 0 Å². The summed E-state index contributed by atoms with van der Waals surface area (Å²) in [6.45, 7) is 3.94. The van der Waals surface area contributed by atoms with Crippen molar-refractivity contribution in [1.29, 1.82) is 0 Å². The lowest BCUT2D eigenvalue weighted by Gasteiger charge is -2.07. The molecule has 0 saturated carbocycles. The van der Waals surface area contributed by atoms with Crippen molar-refractivity contribution >= 4 is 27.1 Å². The molecule has 2 aromatic rings. The van der Waals surface area contributed by atoms with Crippen molar-refractivity contribution in [3.05, 3.63) is 41.2 Å². The third kappa shape index (κ3) is 3.13. The summed E-state index contributed by atoms with van der Waals surface area (Å²) >= 11 is 5.94. The molecule has 1 heterocycles. The predicted molar refractivity (Wildman–Crippen MR) is 79.4 cm³/mol. The minimum atomic E-state index is -3.57. The lowest BCUT2D eigenvalue weighted by Crippen LogP contribution is -2.08. The first-order valence-corrected chi connectivity index (χ1v) is 8.14. The fraction of sp³-hybridized carbons (Fsp3) is 0.308. The maximum atomic E-state index is 12.4. The topological polar surface area (TPSA) is 78.0 Å². The number of nitrogens with two attached hydrogens (primary N) is 1. The molecule has 2 N–H and O–H groups in total. The highest BCUT2D eigenvalue weighted by Crippen LogP contribution is 2.26. The molecule has 0 fully saturated rings. The van der Waals surface area contributed by atoms with Crippen LogP contribution in [-0.2, 0) is 15.6 Å². The standard InChI is InChI=1S/C13H16ClN3O2S/c1-9(2)17-6-5-11(16-17)8-20(18,19)13-7-10(15)3-4-12(13)14/h3-7,9H,8,15H2,1-2H3. The normalized spacial score (nSPS) is 12.0. The van der Waals surface area contributed by atoms with Crippen LogP contribution in [0.1, 0.15) is 25.6 Å². The Morgan fingerprint density at radius 1 is 1.35 bits per heavy atom. The Morgan fingerprint density at radius 2 is 2.05 bits per heavy atom. The number of rotatable bonds is 4. The first-order valence-electron chi connectivity index (χ1n) is 6.11. The minimum absolute atomic E-state index is 0.0401. The number of hydrogen-bond acceptors (Lipinski definition) is 4. The van der Waals surface area contributed by atoms with Gasteiger partial charge in [0.1, 0.15) is 0 Å². The van der Waals surface area contributed by atoms with Crippen LogP contribution in [0.3, 0.4) is 0 Å². The van der Waals surface area contributed by atoms with Gasteiger partial charge in [-0.25, -0.2) is 8.42 Å². The van der Waals surface area contributed by atoms with E-state index < -0.39 is 9.84 Å². The summed E-state index contributed by atoms with van der Waals surface area (Å²) < 4.78 is 26.4. The van der Waals surface area contributed by atoms with E-state index in [0.717, 1.165) is 0 Å². The van der Waals surface area contributed by atoms with E-state index in [0.29, 0.717) is 11.4 Å². The fourth-order valence-corrected chi connectivity index (χ4v) is 3.62. The molecule has 0 bridgehead atoms. The van der Waals surface area contributed by atoms with Gasteiger partial charge in [0.05, 0.1) is 21.4 Å². The Kier molecular flexibility index (Phi) is 4.06. The van der Waals surface area contributed by atoms with Crippen LogP contribution in [-0.4, -0.2) is 18.2 Å². The number of benzene rings is 1. The van der Waals surface area contributed by atoms with Gasteiger partial charge in [0, 0.05) is 17.9 Å². The summed E-state index contributed by atoms with van der Waals surface area (Å²) in [7, 11) is -3.57. The zero-order valence-electron chi connectivity index (χ0n) is 11.2. The Morgan fingerprint density at radius 3 is 2.65 bits per heavy atom. The van der Waals surface area contributed by atoms with Gasteiger partial charge in [-0.2, -0.15) is 5.10 Å². The molecule has 0 atom stereocenters. The van der Waals surface area contributed by atoms with Gasteiger partial charge in [-0.15, -0.1) is 0 Å². The first kappa shape index (κ1) is 14.9. The van der Waals surface area contributed by atoms with Crippen LogP contribution in [0.5, 0.6) is 0 Å². The SMILES string of the molecule is CC(C)n1ccc(CS(=O)(=O)c2cc(N)ccc2Cl)n1. The second-order valence-electron chi connectivity index (χ2n) is 4.83. The van der Waals surface area contributed by atoms with Crippen molar-refractivity contribution < 1.29 is 8.42 Å². The zero-order valence-corrected chi connectivity index (χ0v) is 12.8. The van der Waals surface area contributed by atoms with Crippen molar-refractivity contribution in [3.8, 4) is 0 Å². The molecule has 0 saturated heterocycles. The molecule has 0 aliphatic heterocycles. The first-order chi connectivity index (χ1) is 9.29. The molecule has 1 aromatic heterocycles. The number of anilines is 1. The van der Waals surface area contributed by atoms with Crippen LogP contribution in [0.4, 0.5) is 5.69 Å². The van der Waals surface area contributed by atoms with E-state index in [9.17, 15) is 8.42 Å². The second kappa shape index (κ2) is 5.46. The van der Waals surface area contributed by atoms with E-state index in [1.165, 1.54) is 12.1 Å². The van der Waals surface area contributed by atoms with Gasteiger partial charge in [0.25, 0.3) is 0 Å². The third-order valence-corrected chi connectivity index (χ3v) is 4.95. The number of sulfone groups is 1. The Hall–Kier alpha value is -1.53. The summed E-state index contributed by atoms with van der Waals surface area (Å²) in [6.07, 6.45) is 1.76. The molecule has 0 radical (unpaired) electrons. The average molecular weight is 314 g/mol. The zero-order chi connectivity index (χ0) is 14.9. The Bertz CT molecular complexity index is 723. The second-order valence-corrected chi connectivity index (χ2v) is 7.19. The van der Waals surface area contributed by atoms with Gasteiger partial charge in [0.2, 0.25) is 0 Å². The fourth-order valence-electron chi connectivity index (χ4n) is 1.77. The Labute approximate surface area is 123 Å². The molecule has 108 valence electrons. The van der Waals surface area contributed by atoms with E-state index in [4.69, 9.17) is 17.3 Å². The predicted octanol–water partition coefficient (Wildman–Crippen LogP) is 2.67. The molecule has 0 aliphatic rings. The summed E-state index contributed by atoms with van der Waals surface area (Å²) in [4.78, 5) is 0.0401. The molecule has 5 nitrogen and oxygen atoms in total. The number of hydrogen-bond donors (Lipinski definition) is 1. The number of aromatic nitrogens is 2. The lowest BCUT2D eigenvalue weighted by molar-refractivity contribution is 0.527. The van der Waals surface area contributed by atoms with Crippen LogP contribution in [0.2, 0.25) is 5.02 Å². The quantitative estimate of drug-likeness (QED) is 0.880. The molecular formula is C13H16ClN3O2S. The smallest absolute Gasteiger partial charge is 0.185 e. The number of halogens is 1. The van der Waals surface area contributed by atoms with Gasteiger partial charge in [0.15, 0.2) is 9.84 Å². The maximum absolute atomic E-state index is 12.4. The van der Waals surface area contributed by atoms with Gasteiger partial charge in [-0.1, -0.05) is 11.6 Å². The number of nitrogens with zero attached hydrogens (tertiary/aromatic N) is 2. The van der Waals surface area contributed by atoms with Crippen molar-refractivity contribution in [3.63, 3.8) is 0 Å². The van der Waals surface area contributed by atoms with Gasteiger partial charge in [-0.05, 0) is 38.1 Å². The van der Waals surface area contributed by atoms with Crippen molar-refractivity contribution in [1.82, 2.24) is 9.78 Å². The minimum Gasteiger partial charge on any atom is -0.399 e. The molecular weight excluding hydrogens is 298 g/mol.